The van der Waals surface area contributed by atoms with Crippen LogP contribution in [0, 0.1) is 5.92 Å². The second-order valence-corrected chi connectivity index (χ2v) is 4.17. The van der Waals surface area contributed by atoms with Crippen molar-refractivity contribution in [3.8, 4) is 0 Å². The predicted octanol–water partition coefficient (Wildman–Crippen LogP) is 2.60. The summed E-state index contributed by atoms with van der Waals surface area (Å²) in [6, 6.07) is 0. The third kappa shape index (κ3) is 2.70. The number of hydrogen-bond donors (Lipinski definition) is 0. The lowest BCUT2D eigenvalue weighted by molar-refractivity contribution is 0.240. The fraction of sp³-hybridized carbons (Fsp3) is 0.667. The van der Waals surface area contributed by atoms with E-state index in [1.807, 2.05) is 0 Å². The average Bonchev–Trinajstić information content (AvgIpc) is 2.21. The summed E-state index contributed by atoms with van der Waals surface area (Å²) in [4.78, 5) is 2.59. The molecule has 1 heterocycles. The Morgan fingerprint density at radius 3 is 2.69 bits per heavy atom. The van der Waals surface area contributed by atoms with Gasteiger partial charge in [-0.1, -0.05) is 24.3 Å². The normalized spacial score (nSPS) is 29.4. The first-order chi connectivity index (χ1) is 6.45. The van der Waals surface area contributed by atoms with Gasteiger partial charge in [-0.2, -0.15) is 0 Å². The molecule has 0 saturated heterocycles. The summed E-state index contributed by atoms with van der Waals surface area (Å²) in [5.74, 6) is 0.927. The van der Waals surface area contributed by atoms with E-state index in [0.717, 1.165) is 5.92 Å². The van der Waals surface area contributed by atoms with Crippen LogP contribution in [0.5, 0.6) is 0 Å². The highest BCUT2D eigenvalue weighted by Gasteiger charge is 2.14. The van der Waals surface area contributed by atoms with Crippen LogP contribution in [0.2, 0.25) is 0 Å². The molecule has 0 aromatic carbocycles. The maximum atomic E-state index is 2.59. The topological polar surface area (TPSA) is 3.24 Å². The molecule has 2 aliphatic rings. The van der Waals surface area contributed by atoms with Crippen molar-refractivity contribution >= 4 is 0 Å². The van der Waals surface area contributed by atoms with E-state index in [1.54, 1.807) is 0 Å². The molecule has 0 spiro atoms. The van der Waals surface area contributed by atoms with Crippen LogP contribution in [-0.4, -0.2) is 24.5 Å². The quantitative estimate of drug-likeness (QED) is 0.586. The Kier molecular flexibility index (Phi) is 3.20. The Balaban J connectivity index is 1.76. The molecule has 1 atom stereocenters. The zero-order chi connectivity index (χ0) is 8.93. The Morgan fingerprint density at radius 1 is 1.08 bits per heavy atom. The maximum Gasteiger partial charge on any atom is 0.0163 e. The molecule has 0 amide bonds. The lowest BCUT2D eigenvalue weighted by Crippen LogP contribution is -2.32. The van der Waals surface area contributed by atoms with Crippen LogP contribution in [0.1, 0.15) is 25.7 Å². The lowest BCUT2D eigenvalue weighted by Gasteiger charge is -2.28. The Hall–Kier alpha value is -0.560. The van der Waals surface area contributed by atoms with Crippen LogP contribution < -0.4 is 0 Å². The summed E-state index contributed by atoms with van der Waals surface area (Å²) in [5, 5.41) is 0. The molecule has 0 saturated carbocycles. The molecule has 0 aromatic rings. The van der Waals surface area contributed by atoms with Crippen molar-refractivity contribution in [2.75, 3.05) is 19.6 Å². The SMILES string of the molecule is C1=CCC(CN2CC=CCC2)CC1. The Labute approximate surface area is 81.1 Å². The van der Waals surface area contributed by atoms with Gasteiger partial charge in [0.2, 0.25) is 0 Å². The van der Waals surface area contributed by atoms with Crippen molar-refractivity contribution in [1.29, 1.82) is 0 Å². The second-order valence-electron chi connectivity index (χ2n) is 4.17. The minimum atomic E-state index is 0.927. The monoisotopic (exact) mass is 177 g/mol. The van der Waals surface area contributed by atoms with Crippen molar-refractivity contribution in [1.82, 2.24) is 4.90 Å². The van der Waals surface area contributed by atoms with E-state index in [0.29, 0.717) is 0 Å². The van der Waals surface area contributed by atoms with E-state index >= 15 is 0 Å². The lowest BCUT2D eigenvalue weighted by atomic mass is 9.93. The highest BCUT2D eigenvalue weighted by Crippen LogP contribution is 2.19. The van der Waals surface area contributed by atoms with Gasteiger partial charge in [0.05, 0.1) is 0 Å². The molecule has 0 fully saturated rings. The average molecular weight is 177 g/mol. The van der Waals surface area contributed by atoms with Gasteiger partial charge < -0.3 is 0 Å². The van der Waals surface area contributed by atoms with Crippen LogP contribution in [-0.2, 0) is 0 Å². The smallest absolute Gasteiger partial charge is 0.0163 e. The largest absolute Gasteiger partial charge is 0.299 e. The summed E-state index contributed by atoms with van der Waals surface area (Å²) in [6.07, 6.45) is 14.5. The fourth-order valence-corrected chi connectivity index (χ4v) is 2.24. The van der Waals surface area contributed by atoms with Crippen molar-refractivity contribution in [3.05, 3.63) is 24.3 Å². The van der Waals surface area contributed by atoms with E-state index < -0.39 is 0 Å². The first-order valence-corrected chi connectivity index (χ1v) is 5.47. The molecule has 13 heavy (non-hydrogen) atoms. The number of allylic oxidation sites excluding steroid dienone is 2. The van der Waals surface area contributed by atoms with E-state index in [2.05, 4.69) is 29.2 Å². The van der Waals surface area contributed by atoms with Crippen molar-refractivity contribution < 1.29 is 0 Å². The Morgan fingerprint density at radius 2 is 2.00 bits per heavy atom. The van der Waals surface area contributed by atoms with Crippen molar-refractivity contribution in [2.45, 2.75) is 25.7 Å². The minimum absolute atomic E-state index is 0.927. The molecule has 1 aliphatic carbocycles. The number of rotatable bonds is 2. The summed E-state index contributed by atoms with van der Waals surface area (Å²) in [7, 11) is 0. The standard InChI is InChI=1S/C12H19N/c1-3-7-12(8-4-1)11-13-9-5-2-6-10-13/h1-3,5,12H,4,6-11H2. The van der Waals surface area contributed by atoms with Gasteiger partial charge in [-0.15, -0.1) is 0 Å². The third-order valence-corrected chi connectivity index (χ3v) is 3.04. The fourth-order valence-electron chi connectivity index (χ4n) is 2.24. The van der Waals surface area contributed by atoms with E-state index in [1.165, 1.54) is 45.3 Å². The molecule has 1 aliphatic heterocycles. The van der Waals surface area contributed by atoms with E-state index in [-0.39, 0.29) is 0 Å². The van der Waals surface area contributed by atoms with E-state index in [4.69, 9.17) is 0 Å². The highest BCUT2D eigenvalue weighted by molar-refractivity contribution is 4.94. The van der Waals surface area contributed by atoms with Crippen LogP contribution in [0.4, 0.5) is 0 Å². The van der Waals surface area contributed by atoms with Gasteiger partial charge in [0.25, 0.3) is 0 Å². The van der Waals surface area contributed by atoms with Crippen molar-refractivity contribution in [2.24, 2.45) is 5.92 Å². The molecular weight excluding hydrogens is 158 g/mol. The van der Waals surface area contributed by atoms with Crippen LogP contribution in [0.3, 0.4) is 0 Å². The summed E-state index contributed by atoms with van der Waals surface area (Å²) >= 11 is 0. The zero-order valence-corrected chi connectivity index (χ0v) is 8.28. The van der Waals surface area contributed by atoms with Gasteiger partial charge in [0, 0.05) is 19.6 Å². The van der Waals surface area contributed by atoms with Gasteiger partial charge in [-0.05, 0) is 31.6 Å². The molecule has 1 heteroatoms. The summed E-state index contributed by atoms with van der Waals surface area (Å²) in [5.41, 5.74) is 0. The van der Waals surface area contributed by atoms with Crippen LogP contribution in [0.15, 0.2) is 24.3 Å². The molecular formula is C12H19N. The molecule has 2 rings (SSSR count). The first-order valence-electron chi connectivity index (χ1n) is 5.47. The van der Waals surface area contributed by atoms with Gasteiger partial charge >= 0.3 is 0 Å². The highest BCUT2D eigenvalue weighted by atomic mass is 15.1. The number of hydrogen-bond acceptors (Lipinski definition) is 1. The van der Waals surface area contributed by atoms with Crippen LogP contribution in [0.25, 0.3) is 0 Å². The second kappa shape index (κ2) is 4.61. The molecule has 1 nitrogen and oxygen atoms in total. The minimum Gasteiger partial charge on any atom is -0.299 e. The summed E-state index contributed by atoms with van der Waals surface area (Å²) < 4.78 is 0. The van der Waals surface area contributed by atoms with Gasteiger partial charge in [0.15, 0.2) is 0 Å². The molecule has 0 radical (unpaired) electrons. The zero-order valence-electron chi connectivity index (χ0n) is 8.28. The van der Waals surface area contributed by atoms with Gasteiger partial charge in [0.1, 0.15) is 0 Å². The van der Waals surface area contributed by atoms with Gasteiger partial charge in [-0.3, -0.25) is 4.90 Å². The van der Waals surface area contributed by atoms with E-state index in [9.17, 15) is 0 Å². The maximum absolute atomic E-state index is 2.59. The molecule has 0 bridgehead atoms. The Bertz CT molecular complexity index is 183. The molecule has 1 unspecified atom stereocenters. The third-order valence-electron chi connectivity index (χ3n) is 3.04. The van der Waals surface area contributed by atoms with Gasteiger partial charge in [-0.25, -0.2) is 0 Å². The molecule has 72 valence electrons. The summed E-state index contributed by atoms with van der Waals surface area (Å²) in [6.45, 7) is 3.77. The van der Waals surface area contributed by atoms with Crippen molar-refractivity contribution in [3.63, 3.8) is 0 Å². The number of nitrogens with zero attached hydrogens (tertiary/aromatic N) is 1. The first kappa shape index (κ1) is 9.01. The predicted molar refractivity (Wildman–Crippen MR) is 56.7 cm³/mol. The van der Waals surface area contributed by atoms with Crippen LogP contribution >= 0.6 is 0 Å². The molecule has 0 N–H and O–H groups in total. The molecule has 0 aromatic heterocycles.